The molecular weight excluding hydrogens is 146 g/mol. The van der Waals surface area contributed by atoms with Gasteiger partial charge in [0.05, 0.1) is 6.10 Å². The van der Waals surface area contributed by atoms with E-state index < -0.39 is 18.3 Å². The van der Waals surface area contributed by atoms with Gasteiger partial charge in [0.2, 0.25) is 0 Å². The zero-order valence-corrected chi connectivity index (χ0v) is 7.07. The third-order valence-corrected chi connectivity index (χ3v) is 1.38. The number of rotatable bonds is 3. The van der Waals surface area contributed by atoms with Crippen LogP contribution in [0.15, 0.2) is 0 Å². The van der Waals surface area contributed by atoms with Crippen LogP contribution in [0, 0.1) is 5.92 Å². The number of nitrogens with two attached hydrogens (primary N) is 1. The minimum Gasteiger partial charge on any atom is -0.443 e. The molecule has 0 aliphatic carbocycles. The third kappa shape index (κ3) is 3.83. The zero-order chi connectivity index (χ0) is 9.02. The van der Waals surface area contributed by atoms with Gasteiger partial charge in [0, 0.05) is 0 Å². The number of carbonyl (C=O) groups excluding carboxylic acids is 1. The average molecular weight is 161 g/mol. The van der Waals surface area contributed by atoms with E-state index in [0.29, 0.717) is 0 Å². The Labute approximate surface area is 66.3 Å². The Kier molecular flexibility index (Phi) is 3.89. The first-order valence-corrected chi connectivity index (χ1v) is 3.59. The van der Waals surface area contributed by atoms with Crippen molar-refractivity contribution in [2.45, 2.75) is 33.0 Å². The third-order valence-electron chi connectivity index (χ3n) is 1.38. The van der Waals surface area contributed by atoms with Crippen LogP contribution in [0.1, 0.15) is 20.8 Å². The monoisotopic (exact) mass is 161 g/mol. The van der Waals surface area contributed by atoms with E-state index in [2.05, 4.69) is 4.74 Å². The highest BCUT2D eigenvalue weighted by molar-refractivity contribution is 5.64. The molecule has 0 spiro atoms. The molecule has 0 aromatic heterocycles. The second-order valence-corrected chi connectivity index (χ2v) is 2.89. The molecule has 3 N–H and O–H groups in total. The molecule has 0 bridgehead atoms. The highest BCUT2D eigenvalue weighted by Crippen LogP contribution is 2.10. The first-order chi connectivity index (χ1) is 4.95. The smallest absolute Gasteiger partial charge is 0.404 e. The van der Waals surface area contributed by atoms with Crippen LogP contribution >= 0.6 is 0 Å². The second-order valence-electron chi connectivity index (χ2n) is 2.89. The Morgan fingerprint density at radius 2 is 1.91 bits per heavy atom. The fraction of sp³-hybridized carbons (Fsp3) is 0.857. The molecule has 0 aliphatic rings. The van der Waals surface area contributed by atoms with Crippen molar-refractivity contribution in [3.8, 4) is 0 Å². The lowest BCUT2D eigenvalue weighted by molar-refractivity contribution is -0.00915. The summed E-state index contributed by atoms with van der Waals surface area (Å²) >= 11 is 0. The van der Waals surface area contributed by atoms with E-state index in [0.717, 1.165) is 0 Å². The maximum absolute atomic E-state index is 10.3. The number of hydrogen-bond acceptors (Lipinski definition) is 3. The number of aliphatic hydroxyl groups is 1. The van der Waals surface area contributed by atoms with Crippen molar-refractivity contribution in [2.24, 2.45) is 11.7 Å². The van der Waals surface area contributed by atoms with Crippen LogP contribution in [0.4, 0.5) is 4.79 Å². The van der Waals surface area contributed by atoms with Gasteiger partial charge in [-0.15, -0.1) is 0 Å². The fourth-order valence-electron chi connectivity index (χ4n) is 0.926. The minimum absolute atomic E-state index is 0.0718. The van der Waals surface area contributed by atoms with Gasteiger partial charge in [-0.05, 0) is 12.8 Å². The normalized spacial score (nSPS) is 16.1. The van der Waals surface area contributed by atoms with Gasteiger partial charge >= 0.3 is 6.09 Å². The summed E-state index contributed by atoms with van der Waals surface area (Å²) in [6, 6.07) is 0. The van der Waals surface area contributed by atoms with Crippen molar-refractivity contribution in [3.05, 3.63) is 0 Å². The van der Waals surface area contributed by atoms with Gasteiger partial charge < -0.3 is 15.6 Å². The van der Waals surface area contributed by atoms with E-state index in [1.807, 2.05) is 13.8 Å². The quantitative estimate of drug-likeness (QED) is 0.632. The molecule has 0 aromatic rings. The highest BCUT2D eigenvalue weighted by atomic mass is 16.6. The molecule has 0 rings (SSSR count). The number of ether oxygens (including phenoxy) is 1. The van der Waals surface area contributed by atoms with Gasteiger partial charge in [0.15, 0.2) is 0 Å². The van der Waals surface area contributed by atoms with Crippen molar-refractivity contribution in [1.82, 2.24) is 0 Å². The molecule has 4 heteroatoms. The van der Waals surface area contributed by atoms with Crippen LogP contribution in [0.3, 0.4) is 0 Å². The molecule has 0 radical (unpaired) electrons. The Bertz CT molecular complexity index is 126. The van der Waals surface area contributed by atoms with Gasteiger partial charge in [0.1, 0.15) is 6.10 Å². The molecule has 2 atom stereocenters. The molecule has 0 aromatic carbocycles. The predicted molar refractivity (Wildman–Crippen MR) is 41.0 cm³/mol. The minimum atomic E-state index is -0.843. The van der Waals surface area contributed by atoms with Crippen molar-refractivity contribution in [1.29, 1.82) is 0 Å². The molecule has 0 saturated heterocycles. The molecule has 0 heterocycles. The van der Waals surface area contributed by atoms with Gasteiger partial charge in [-0.3, -0.25) is 0 Å². The molecule has 11 heavy (non-hydrogen) atoms. The second kappa shape index (κ2) is 4.18. The van der Waals surface area contributed by atoms with E-state index in [1.54, 1.807) is 6.92 Å². The van der Waals surface area contributed by atoms with Crippen LogP contribution in [-0.2, 0) is 4.74 Å². The van der Waals surface area contributed by atoms with Crippen molar-refractivity contribution in [3.63, 3.8) is 0 Å². The van der Waals surface area contributed by atoms with Crippen LogP contribution < -0.4 is 5.73 Å². The van der Waals surface area contributed by atoms with E-state index in [1.165, 1.54) is 0 Å². The Morgan fingerprint density at radius 3 is 2.00 bits per heavy atom. The van der Waals surface area contributed by atoms with E-state index >= 15 is 0 Å². The van der Waals surface area contributed by atoms with Crippen LogP contribution in [-0.4, -0.2) is 23.4 Å². The lowest BCUT2D eigenvalue weighted by Crippen LogP contribution is -2.35. The van der Waals surface area contributed by atoms with Crippen LogP contribution in [0.2, 0.25) is 0 Å². The molecule has 1 amide bonds. The highest BCUT2D eigenvalue weighted by Gasteiger charge is 2.21. The Morgan fingerprint density at radius 1 is 1.45 bits per heavy atom. The van der Waals surface area contributed by atoms with Gasteiger partial charge in [-0.25, -0.2) is 4.79 Å². The number of aliphatic hydroxyl groups excluding tert-OH is 1. The SMILES string of the molecule is CC(C)C(OC(N)=O)C(C)O. The molecule has 0 saturated carbocycles. The first-order valence-electron chi connectivity index (χ1n) is 3.59. The van der Waals surface area contributed by atoms with Crippen LogP contribution in [0.5, 0.6) is 0 Å². The summed E-state index contributed by atoms with van der Waals surface area (Å²) in [5.41, 5.74) is 4.80. The number of amides is 1. The lowest BCUT2D eigenvalue weighted by atomic mass is 10.0. The van der Waals surface area contributed by atoms with E-state index in [-0.39, 0.29) is 5.92 Å². The average Bonchev–Trinajstić information content (AvgIpc) is 1.81. The summed E-state index contributed by atoms with van der Waals surface area (Å²) in [7, 11) is 0. The number of hydrogen-bond donors (Lipinski definition) is 2. The Balaban J connectivity index is 4.00. The van der Waals surface area contributed by atoms with Crippen LogP contribution in [0.25, 0.3) is 0 Å². The number of primary amides is 1. The largest absolute Gasteiger partial charge is 0.443 e. The molecule has 4 nitrogen and oxygen atoms in total. The lowest BCUT2D eigenvalue weighted by Gasteiger charge is -2.22. The van der Waals surface area contributed by atoms with E-state index in [4.69, 9.17) is 10.8 Å². The van der Waals surface area contributed by atoms with E-state index in [9.17, 15) is 4.79 Å². The topological polar surface area (TPSA) is 72.5 Å². The summed E-state index contributed by atoms with van der Waals surface area (Å²) in [4.78, 5) is 10.3. The molecule has 66 valence electrons. The molecule has 2 unspecified atom stereocenters. The van der Waals surface area contributed by atoms with Crippen molar-refractivity contribution < 1.29 is 14.6 Å². The predicted octanol–water partition coefficient (Wildman–Crippen LogP) is 0.487. The molecular formula is C7H15NO3. The van der Waals surface area contributed by atoms with Gasteiger partial charge in [-0.2, -0.15) is 0 Å². The summed E-state index contributed by atoms with van der Waals surface area (Å²) in [5, 5.41) is 9.10. The number of carbonyl (C=O) groups is 1. The zero-order valence-electron chi connectivity index (χ0n) is 7.07. The van der Waals surface area contributed by atoms with Gasteiger partial charge in [-0.1, -0.05) is 13.8 Å². The fourth-order valence-corrected chi connectivity index (χ4v) is 0.926. The Hall–Kier alpha value is -0.770. The van der Waals surface area contributed by atoms with Gasteiger partial charge in [0.25, 0.3) is 0 Å². The summed E-state index contributed by atoms with van der Waals surface area (Å²) < 4.78 is 4.66. The first kappa shape index (κ1) is 10.2. The standard InChI is InChI=1S/C7H15NO3/c1-4(2)6(5(3)9)11-7(8)10/h4-6,9H,1-3H3,(H2,8,10). The maximum Gasteiger partial charge on any atom is 0.404 e. The summed E-state index contributed by atoms with van der Waals surface area (Å²) in [5.74, 6) is 0.0718. The summed E-state index contributed by atoms with van der Waals surface area (Å²) in [6.45, 7) is 5.26. The maximum atomic E-state index is 10.3. The molecule has 0 aliphatic heterocycles. The van der Waals surface area contributed by atoms with Crippen molar-refractivity contribution in [2.75, 3.05) is 0 Å². The molecule has 0 fully saturated rings. The summed E-state index contributed by atoms with van der Waals surface area (Å²) in [6.07, 6.45) is -2.03. The van der Waals surface area contributed by atoms with Crippen molar-refractivity contribution >= 4 is 6.09 Å².